The molecule has 1 aromatic carbocycles. The lowest BCUT2D eigenvalue weighted by atomic mass is 10.1. The highest BCUT2D eigenvalue weighted by Gasteiger charge is 2.22. The van der Waals surface area contributed by atoms with Gasteiger partial charge in [0.25, 0.3) is 0 Å². The number of benzene rings is 1. The van der Waals surface area contributed by atoms with Gasteiger partial charge in [-0.2, -0.15) is 0 Å². The lowest BCUT2D eigenvalue weighted by Crippen LogP contribution is -2.40. The molecule has 2 unspecified atom stereocenters. The molecule has 2 atom stereocenters. The maximum Gasteiger partial charge on any atom is 0.0900 e. The van der Waals surface area contributed by atoms with Gasteiger partial charge in [-0.05, 0) is 39.2 Å². The summed E-state index contributed by atoms with van der Waals surface area (Å²) in [4.78, 5) is 2.28. The zero-order chi connectivity index (χ0) is 16.7. The largest absolute Gasteiger partial charge is 0.389 e. The highest BCUT2D eigenvalue weighted by atomic mass is 16.5. The number of nitrogens with zero attached hydrogens (tertiary/aromatic N) is 1. The highest BCUT2D eigenvalue weighted by Crippen LogP contribution is 2.16. The summed E-state index contributed by atoms with van der Waals surface area (Å²) >= 11 is 0. The molecule has 1 aliphatic rings. The van der Waals surface area contributed by atoms with Crippen molar-refractivity contribution in [2.75, 3.05) is 26.3 Å². The molecule has 1 heterocycles. The van der Waals surface area contributed by atoms with E-state index >= 15 is 0 Å². The molecule has 0 aliphatic carbocycles. The number of aliphatic hydroxyl groups is 1. The minimum Gasteiger partial charge on any atom is -0.389 e. The molecule has 0 aromatic heterocycles. The number of hydrogen-bond acceptors (Lipinski definition) is 4. The molecule has 130 valence electrons. The molecule has 0 amide bonds. The number of hydrogen-bond donors (Lipinski definition) is 1. The van der Waals surface area contributed by atoms with Gasteiger partial charge >= 0.3 is 0 Å². The van der Waals surface area contributed by atoms with Gasteiger partial charge < -0.3 is 14.6 Å². The van der Waals surface area contributed by atoms with Crippen molar-refractivity contribution in [1.82, 2.24) is 4.90 Å². The molecule has 2 rings (SSSR count). The third-order valence-corrected chi connectivity index (χ3v) is 3.91. The fourth-order valence-corrected chi connectivity index (χ4v) is 2.82. The van der Waals surface area contributed by atoms with E-state index in [0.717, 1.165) is 32.5 Å². The summed E-state index contributed by atoms with van der Waals surface area (Å²) in [7, 11) is 0. The van der Waals surface area contributed by atoms with Crippen LogP contribution in [0.1, 0.15) is 39.2 Å². The van der Waals surface area contributed by atoms with Crippen LogP contribution in [-0.4, -0.2) is 54.1 Å². The molecule has 0 bridgehead atoms. The number of aliphatic hydroxyl groups excluding tert-OH is 1. The summed E-state index contributed by atoms with van der Waals surface area (Å²) < 4.78 is 11.5. The van der Waals surface area contributed by atoms with E-state index in [9.17, 15) is 5.11 Å². The average Bonchev–Trinajstić information content (AvgIpc) is 2.98. The maximum atomic E-state index is 10.3. The van der Waals surface area contributed by atoms with Crippen LogP contribution in [0.2, 0.25) is 0 Å². The minimum atomic E-state index is -0.487. The smallest absolute Gasteiger partial charge is 0.0900 e. The summed E-state index contributed by atoms with van der Waals surface area (Å²) in [5.41, 5.74) is 1.04. The number of ether oxygens (including phenoxy) is 2. The maximum absolute atomic E-state index is 10.3. The first kappa shape index (κ1) is 18.4. The zero-order valence-electron chi connectivity index (χ0n) is 14.7. The Morgan fingerprint density at radius 1 is 1.30 bits per heavy atom. The second-order valence-corrected chi connectivity index (χ2v) is 7.39. The normalized spacial score (nSPS) is 20.1. The first-order valence-electron chi connectivity index (χ1n) is 8.62. The first-order valence-corrected chi connectivity index (χ1v) is 8.62. The van der Waals surface area contributed by atoms with Crippen LogP contribution in [0, 0.1) is 0 Å². The molecular formula is C19H31NO3. The Labute approximate surface area is 140 Å². The van der Waals surface area contributed by atoms with Crippen molar-refractivity contribution in [2.24, 2.45) is 0 Å². The second kappa shape index (κ2) is 8.78. The quantitative estimate of drug-likeness (QED) is 0.799. The van der Waals surface area contributed by atoms with E-state index in [1.807, 2.05) is 26.8 Å². The van der Waals surface area contributed by atoms with Gasteiger partial charge in [0.15, 0.2) is 0 Å². The highest BCUT2D eigenvalue weighted by molar-refractivity contribution is 5.14. The van der Waals surface area contributed by atoms with Crippen LogP contribution in [0.15, 0.2) is 30.3 Å². The predicted octanol–water partition coefficient (Wildman–Crippen LogP) is 2.84. The predicted molar refractivity (Wildman–Crippen MR) is 92.4 cm³/mol. The zero-order valence-corrected chi connectivity index (χ0v) is 14.7. The Hall–Kier alpha value is -0.940. The Balaban J connectivity index is 1.89. The Kier molecular flexibility index (Phi) is 7.03. The van der Waals surface area contributed by atoms with Gasteiger partial charge in [-0.3, -0.25) is 4.90 Å². The van der Waals surface area contributed by atoms with Crippen molar-refractivity contribution in [3.63, 3.8) is 0 Å². The summed E-state index contributed by atoms with van der Waals surface area (Å²) in [5, 5.41) is 10.3. The van der Waals surface area contributed by atoms with Gasteiger partial charge in [0.1, 0.15) is 0 Å². The van der Waals surface area contributed by atoms with Crippen LogP contribution < -0.4 is 0 Å². The van der Waals surface area contributed by atoms with Gasteiger partial charge in [-0.1, -0.05) is 30.3 Å². The lowest BCUT2D eigenvalue weighted by Gasteiger charge is -2.29. The molecule has 1 N–H and O–H groups in total. The van der Waals surface area contributed by atoms with E-state index in [1.54, 1.807) is 0 Å². The van der Waals surface area contributed by atoms with Crippen molar-refractivity contribution in [3.8, 4) is 0 Å². The van der Waals surface area contributed by atoms with E-state index < -0.39 is 6.10 Å². The van der Waals surface area contributed by atoms with E-state index in [-0.39, 0.29) is 11.7 Å². The molecule has 1 aliphatic heterocycles. The minimum absolute atomic E-state index is 0.222. The molecular weight excluding hydrogens is 290 g/mol. The standard InChI is InChI=1S/C19H31NO3/c1-19(2,3)23-15-17(21)13-20(14-18-10-7-11-22-18)12-16-8-5-4-6-9-16/h4-6,8-9,17-18,21H,7,10-15H2,1-3H3. The van der Waals surface area contributed by atoms with Gasteiger partial charge in [0, 0.05) is 26.2 Å². The van der Waals surface area contributed by atoms with Crippen molar-refractivity contribution in [1.29, 1.82) is 0 Å². The van der Waals surface area contributed by atoms with E-state index in [4.69, 9.17) is 9.47 Å². The monoisotopic (exact) mass is 321 g/mol. The van der Waals surface area contributed by atoms with Gasteiger partial charge in [-0.15, -0.1) is 0 Å². The third kappa shape index (κ3) is 7.44. The molecule has 4 heteroatoms. The fourth-order valence-electron chi connectivity index (χ4n) is 2.82. The van der Waals surface area contributed by atoms with Crippen molar-refractivity contribution < 1.29 is 14.6 Å². The molecule has 1 fully saturated rings. The molecule has 1 aromatic rings. The van der Waals surface area contributed by atoms with Crippen LogP contribution in [0.25, 0.3) is 0 Å². The van der Waals surface area contributed by atoms with Crippen LogP contribution in [0.3, 0.4) is 0 Å². The van der Waals surface area contributed by atoms with E-state index in [1.165, 1.54) is 5.56 Å². The Morgan fingerprint density at radius 2 is 2.04 bits per heavy atom. The molecule has 4 nitrogen and oxygen atoms in total. The number of rotatable bonds is 8. The van der Waals surface area contributed by atoms with Gasteiger partial charge in [-0.25, -0.2) is 0 Å². The summed E-state index contributed by atoms with van der Waals surface area (Å²) in [6, 6.07) is 10.4. The molecule has 0 spiro atoms. The SMILES string of the molecule is CC(C)(C)OCC(O)CN(Cc1ccccc1)CC1CCCO1. The van der Waals surface area contributed by atoms with Crippen LogP contribution in [0.4, 0.5) is 0 Å². The van der Waals surface area contributed by atoms with Gasteiger partial charge in [0.2, 0.25) is 0 Å². The average molecular weight is 321 g/mol. The molecule has 0 radical (unpaired) electrons. The van der Waals surface area contributed by atoms with Crippen molar-refractivity contribution >= 4 is 0 Å². The molecule has 23 heavy (non-hydrogen) atoms. The van der Waals surface area contributed by atoms with Crippen LogP contribution in [-0.2, 0) is 16.0 Å². The van der Waals surface area contributed by atoms with E-state index in [0.29, 0.717) is 13.2 Å². The van der Waals surface area contributed by atoms with Gasteiger partial charge in [0.05, 0.1) is 24.4 Å². The van der Waals surface area contributed by atoms with Crippen LogP contribution in [0.5, 0.6) is 0 Å². The third-order valence-electron chi connectivity index (χ3n) is 3.91. The van der Waals surface area contributed by atoms with Crippen molar-refractivity contribution in [2.45, 2.75) is 58.0 Å². The van der Waals surface area contributed by atoms with Crippen LogP contribution >= 0.6 is 0 Å². The second-order valence-electron chi connectivity index (χ2n) is 7.39. The summed E-state index contributed by atoms with van der Waals surface area (Å²) in [6.07, 6.45) is 2.05. The Bertz CT molecular complexity index is 438. The first-order chi connectivity index (χ1) is 10.9. The summed E-state index contributed by atoms with van der Waals surface area (Å²) in [5.74, 6) is 0. The molecule has 0 saturated carbocycles. The molecule has 1 saturated heterocycles. The van der Waals surface area contributed by atoms with E-state index in [2.05, 4.69) is 29.2 Å². The topological polar surface area (TPSA) is 41.9 Å². The Morgan fingerprint density at radius 3 is 2.65 bits per heavy atom. The summed E-state index contributed by atoms with van der Waals surface area (Å²) in [6.45, 7) is 9.54. The fraction of sp³-hybridized carbons (Fsp3) is 0.684. The van der Waals surface area contributed by atoms with Crippen molar-refractivity contribution in [3.05, 3.63) is 35.9 Å². The lowest BCUT2D eigenvalue weighted by molar-refractivity contribution is -0.0594.